The first-order chi connectivity index (χ1) is 16.4. The van der Waals surface area contributed by atoms with Crippen molar-refractivity contribution in [1.29, 1.82) is 0 Å². The highest BCUT2D eigenvalue weighted by Gasteiger charge is 2.25. The Balaban J connectivity index is 2.61. The lowest BCUT2D eigenvalue weighted by molar-refractivity contribution is -0.0690. The van der Waals surface area contributed by atoms with Crippen LogP contribution < -0.4 is 0 Å². The van der Waals surface area contributed by atoms with E-state index in [9.17, 15) is 4.79 Å². The Kier molecular flexibility index (Phi) is 9.95. The van der Waals surface area contributed by atoms with Crippen LogP contribution >= 0.6 is 11.6 Å². The number of halogens is 1. The van der Waals surface area contributed by atoms with Gasteiger partial charge >= 0.3 is 6.16 Å². The number of aliphatic imine (C=N–C) groups is 1. The van der Waals surface area contributed by atoms with Crippen LogP contribution in [0.5, 0.6) is 0 Å². The minimum atomic E-state index is -0.949. The second kappa shape index (κ2) is 12.2. The second-order valence-corrected chi connectivity index (χ2v) is 10.2. The third-order valence-corrected chi connectivity index (χ3v) is 5.67. The van der Waals surface area contributed by atoms with Crippen molar-refractivity contribution in [3.8, 4) is 0 Å². The summed E-state index contributed by atoms with van der Waals surface area (Å²) in [6.45, 7) is 16.7. The van der Waals surface area contributed by atoms with E-state index in [1.54, 1.807) is 24.9 Å². The van der Waals surface area contributed by atoms with E-state index in [1.165, 1.54) is 5.56 Å². The average Bonchev–Trinajstić information content (AvgIpc) is 3.07. The predicted molar refractivity (Wildman–Crippen MR) is 142 cm³/mol. The van der Waals surface area contributed by atoms with Crippen molar-refractivity contribution >= 4 is 35.3 Å². The minimum Gasteiger partial charge on any atom is -0.452 e. The van der Waals surface area contributed by atoms with Crippen molar-refractivity contribution in [2.45, 2.75) is 73.6 Å². The van der Waals surface area contributed by atoms with Gasteiger partial charge in [-0.25, -0.2) is 4.79 Å². The van der Waals surface area contributed by atoms with Crippen LogP contribution in [0.3, 0.4) is 0 Å². The number of ether oxygens (including phenoxy) is 3. The molecular formula is C27H38ClN3O4. The van der Waals surface area contributed by atoms with Crippen molar-refractivity contribution in [3.05, 3.63) is 51.8 Å². The van der Waals surface area contributed by atoms with Gasteiger partial charge in [0, 0.05) is 32.3 Å². The molecule has 8 heteroatoms. The molecule has 0 fully saturated rings. The third kappa shape index (κ3) is 7.59. The van der Waals surface area contributed by atoms with Gasteiger partial charge in [0.25, 0.3) is 0 Å². The first kappa shape index (κ1) is 28.4. The fraction of sp³-hybridized carbons (Fsp3) is 0.519. The Morgan fingerprint density at radius 3 is 2.31 bits per heavy atom. The fourth-order valence-corrected chi connectivity index (χ4v) is 3.61. The predicted octanol–water partition coefficient (Wildman–Crippen LogP) is 6.90. The summed E-state index contributed by atoms with van der Waals surface area (Å²) in [6, 6.07) is 8.22. The van der Waals surface area contributed by atoms with Crippen LogP contribution in [0.15, 0.2) is 29.3 Å². The summed E-state index contributed by atoms with van der Waals surface area (Å²) >= 11 is 6.70. The molecule has 0 N–H and O–H groups in total. The first-order valence-electron chi connectivity index (χ1n) is 11.9. The smallest absolute Gasteiger partial charge is 0.452 e. The standard InChI is InChI=1S/C27H38ClN3O4/c1-10-31-24(23(28)18(4)30-31)25(34-19(5)35-26(32)33-16-17(2)3)22(15-29-9)20-11-13-21(14-12-20)27(6,7)8/h11-15,17,19H,10,16H2,1-9H3/b25-22-,29-15-. The molecule has 0 radical (unpaired) electrons. The number of aryl methyl sites for hydroxylation is 2. The van der Waals surface area contributed by atoms with Crippen LogP contribution in [-0.4, -0.2) is 42.1 Å². The number of aromatic nitrogens is 2. The van der Waals surface area contributed by atoms with E-state index < -0.39 is 12.4 Å². The molecule has 1 aromatic carbocycles. The summed E-state index contributed by atoms with van der Waals surface area (Å²) in [6.07, 6.45) is -0.0309. The van der Waals surface area contributed by atoms with Gasteiger partial charge in [0.15, 0.2) is 5.76 Å². The zero-order valence-corrected chi connectivity index (χ0v) is 23.1. The summed E-state index contributed by atoms with van der Waals surface area (Å²) in [5, 5.41) is 5.01. The number of carbonyl (C=O) groups excluding carboxylic acids is 1. The number of hydrogen-bond donors (Lipinski definition) is 0. The number of carbonyl (C=O) groups is 1. The number of nitrogens with zero attached hydrogens (tertiary/aromatic N) is 3. The van der Waals surface area contributed by atoms with E-state index in [2.05, 4.69) is 43.0 Å². The van der Waals surface area contributed by atoms with Crippen molar-refractivity contribution in [3.63, 3.8) is 0 Å². The lowest BCUT2D eigenvalue weighted by Gasteiger charge is -2.22. The SMILES string of the molecule is CCn1nc(C)c(Cl)c1/C(OC(C)OC(=O)OCC(C)C)=C(\C=N/C)c1ccc(C(C)(C)C)cc1. The van der Waals surface area contributed by atoms with Gasteiger partial charge in [-0.05, 0) is 36.3 Å². The summed E-state index contributed by atoms with van der Waals surface area (Å²) in [7, 11) is 1.69. The Bertz CT molecular complexity index is 1060. The Morgan fingerprint density at radius 2 is 1.80 bits per heavy atom. The van der Waals surface area contributed by atoms with Crippen molar-refractivity contribution in [1.82, 2.24) is 9.78 Å². The Morgan fingerprint density at radius 1 is 1.17 bits per heavy atom. The number of benzene rings is 1. The molecule has 1 unspecified atom stereocenters. The molecule has 2 aromatic rings. The lowest BCUT2D eigenvalue weighted by atomic mass is 9.86. The molecule has 1 heterocycles. The van der Waals surface area contributed by atoms with Gasteiger partial charge in [0.1, 0.15) is 5.69 Å². The van der Waals surface area contributed by atoms with Crippen LogP contribution in [0.2, 0.25) is 5.02 Å². The molecule has 192 valence electrons. The topological polar surface area (TPSA) is 74.9 Å². The van der Waals surface area contributed by atoms with Gasteiger partial charge in [-0.1, -0.05) is 70.5 Å². The monoisotopic (exact) mass is 503 g/mol. The third-order valence-electron chi connectivity index (χ3n) is 5.21. The zero-order valence-electron chi connectivity index (χ0n) is 22.3. The van der Waals surface area contributed by atoms with Gasteiger partial charge in [-0.15, -0.1) is 0 Å². The van der Waals surface area contributed by atoms with E-state index >= 15 is 0 Å². The molecule has 1 aromatic heterocycles. The summed E-state index contributed by atoms with van der Waals surface area (Å²) < 4.78 is 18.5. The summed E-state index contributed by atoms with van der Waals surface area (Å²) in [5.41, 5.74) is 4.05. The summed E-state index contributed by atoms with van der Waals surface area (Å²) in [5.74, 6) is 0.606. The van der Waals surface area contributed by atoms with Gasteiger partial charge in [-0.2, -0.15) is 5.10 Å². The van der Waals surface area contributed by atoms with Crippen molar-refractivity contribution in [2.75, 3.05) is 13.7 Å². The molecule has 1 atom stereocenters. The van der Waals surface area contributed by atoms with Gasteiger partial charge in [0.2, 0.25) is 6.29 Å². The highest BCUT2D eigenvalue weighted by atomic mass is 35.5. The molecule has 0 aliphatic rings. The Labute approximate surface area is 214 Å². The molecule has 0 aliphatic heterocycles. The number of rotatable bonds is 9. The molecule has 0 spiro atoms. The highest BCUT2D eigenvalue weighted by Crippen LogP contribution is 2.35. The van der Waals surface area contributed by atoms with Crippen LogP contribution in [-0.2, 0) is 26.2 Å². The minimum absolute atomic E-state index is 0.0144. The zero-order chi connectivity index (χ0) is 26.3. The van der Waals surface area contributed by atoms with Crippen LogP contribution in [0.25, 0.3) is 11.3 Å². The van der Waals surface area contributed by atoms with Gasteiger partial charge in [0.05, 0.1) is 17.3 Å². The van der Waals surface area contributed by atoms with Gasteiger partial charge < -0.3 is 14.2 Å². The lowest BCUT2D eigenvalue weighted by Crippen LogP contribution is -2.21. The van der Waals surface area contributed by atoms with E-state index in [4.69, 9.17) is 25.8 Å². The highest BCUT2D eigenvalue weighted by molar-refractivity contribution is 6.33. The fourth-order valence-electron chi connectivity index (χ4n) is 3.39. The molecule has 35 heavy (non-hydrogen) atoms. The van der Waals surface area contributed by atoms with Crippen molar-refractivity contribution in [2.24, 2.45) is 10.9 Å². The second-order valence-electron chi connectivity index (χ2n) is 9.78. The number of allylic oxidation sites excluding steroid dienone is 1. The van der Waals surface area contributed by atoms with Crippen molar-refractivity contribution < 1.29 is 19.0 Å². The van der Waals surface area contributed by atoms with Crippen LogP contribution in [0, 0.1) is 12.8 Å². The maximum absolute atomic E-state index is 12.2. The van der Waals surface area contributed by atoms with Crippen LogP contribution in [0.1, 0.15) is 71.0 Å². The molecule has 2 rings (SSSR count). The molecular weight excluding hydrogens is 466 g/mol. The molecule has 0 saturated heterocycles. The maximum Gasteiger partial charge on any atom is 0.511 e. The van der Waals surface area contributed by atoms with E-state index in [0.717, 1.165) is 5.56 Å². The molecule has 0 bridgehead atoms. The number of hydrogen-bond acceptors (Lipinski definition) is 6. The summed E-state index contributed by atoms with van der Waals surface area (Å²) in [4.78, 5) is 16.4. The Hall–Kier alpha value is -2.80. The van der Waals surface area contributed by atoms with E-state index in [1.807, 2.05) is 39.8 Å². The first-order valence-corrected chi connectivity index (χ1v) is 12.3. The average molecular weight is 504 g/mol. The molecule has 0 aliphatic carbocycles. The van der Waals surface area contributed by atoms with E-state index in [-0.39, 0.29) is 17.9 Å². The largest absolute Gasteiger partial charge is 0.511 e. The maximum atomic E-state index is 12.2. The molecule has 0 saturated carbocycles. The van der Waals surface area contributed by atoms with Crippen LogP contribution in [0.4, 0.5) is 4.79 Å². The molecule has 0 amide bonds. The normalized spacial score (nSPS) is 13.7. The van der Waals surface area contributed by atoms with Gasteiger partial charge in [-0.3, -0.25) is 9.67 Å². The molecule has 7 nitrogen and oxygen atoms in total. The van der Waals surface area contributed by atoms with E-state index in [0.29, 0.717) is 34.3 Å². The quantitative estimate of drug-likeness (QED) is 0.161.